The van der Waals surface area contributed by atoms with Gasteiger partial charge in [-0.1, -0.05) is 30.3 Å². The SMILES string of the molecule is CC(C)(CCn1cnc2cnc(C(=O)O)cc21)NCC(OC(=O)C(F)(F)F)c1cccc(NS(=O)(=O)c2ccccc2)c1. The highest BCUT2D eigenvalue weighted by molar-refractivity contribution is 7.92. The highest BCUT2D eigenvalue weighted by atomic mass is 32.2. The molecule has 2 aromatic heterocycles. The van der Waals surface area contributed by atoms with E-state index in [0.29, 0.717) is 24.0 Å². The van der Waals surface area contributed by atoms with E-state index in [-0.39, 0.29) is 28.4 Å². The van der Waals surface area contributed by atoms with Crippen molar-refractivity contribution in [1.82, 2.24) is 19.9 Å². The van der Waals surface area contributed by atoms with Crippen molar-refractivity contribution in [3.63, 3.8) is 0 Å². The third-order valence-corrected chi connectivity index (χ3v) is 7.91. The maximum absolute atomic E-state index is 13.1. The number of anilines is 1. The second-order valence-electron chi connectivity index (χ2n) is 10.3. The van der Waals surface area contributed by atoms with Crippen LogP contribution >= 0.6 is 0 Å². The maximum atomic E-state index is 13.1. The molecule has 0 fully saturated rings. The number of fused-ring (bicyclic) bond motifs is 1. The Hall–Kier alpha value is -4.50. The predicted molar refractivity (Wildman–Crippen MR) is 150 cm³/mol. The number of aromatic carboxylic acids is 1. The van der Waals surface area contributed by atoms with Crippen LogP contribution in [0.2, 0.25) is 0 Å². The summed E-state index contributed by atoms with van der Waals surface area (Å²) in [4.78, 5) is 31.2. The number of carbonyl (C=O) groups is 2. The number of aryl methyl sites for hydroxylation is 1. The molecule has 0 aliphatic heterocycles. The topological polar surface area (TPSA) is 153 Å². The summed E-state index contributed by atoms with van der Waals surface area (Å²) >= 11 is 0. The summed E-state index contributed by atoms with van der Waals surface area (Å²) in [6, 6.07) is 14.5. The fraction of sp³-hybridized carbons (Fsp3) is 0.286. The largest absolute Gasteiger partial charge is 0.490 e. The number of nitrogens with zero attached hydrogens (tertiary/aromatic N) is 3. The fourth-order valence-corrected chi connectivity index (χ4v) is 5.22. The average Bonchev–Trinajstić information content (AvgIpc) is 3.36. The normalized spacial score (nSPS) is 13.0. The summed E-state index contributed by atoms with van der Waals surface area (Å²) in [6.07, 6.45) is -3.36. The first kappa shape index (κ1) is 31.4. The minimum atomic E-state index is -5.24. The van der Waals surface area contributed by atoms with Crippen molar-refractivity contribution in [1.29, 1.82) is 0 Å². The Balaban J connectivity index is 1.50. The number of aromatic nitrogens is 3. The van der Waals surface area contributed by atoms with Gasteiger partial charge >= 0.3 is 18.1 Å². The number of hydrogen-bond donors (Lipinski definition) is 3. The number of pyridine rings is 1. The number of carboxylic acids is 1. The summed E-state index contributed by atoms with van der Waals surface area (Å²) in [6.45, 7) is 3.72. The molecular weight excluding hydrogens is 591 g/mol. The van der Waals surface area contributed by atoms with Crippen molar-refractivity contribution >= 4 is 38.7 Å². The number of carboxylic acid groups (broad SMARTS) is 1. The van der Waals surface area contributed by atoms with Gasteiger partial charge in [0.2, 0.25) is 0 Å². The minimum Gasteiger partial charge on any atom is -0.477 e. The lowest BCUT2D eigenvalue weighted by Gasteiger charge is -2.30. The lowest BCUT2D eigenvalue weighted by Crippen LogP contribution is -2.43. The zero-order chi connectivity index (χ0) is 31.4. The van der Waals surface area contributed by atoms with E-state index in [4.69, 9.17) is 4.74 Å². The van der Waals surface area contributed by atoms with Crippen LogP contribution < -0.4 is 10.0 Å². The monoisotopic (exact) mass is 619 g/mol. The molecule has 0 amide bonds. The summed E-state index contributed by atoms with van der Waals surface area (Å²) < 4.78 is 73.9. The van der Waals surface area contributed by atoms with E-state index in [1.807, 2.05) is 0 Å². The Morgan fingerprint density at radius 1 is 1.05 bits per heavy atom. The lowest BCUT2D eigenvalue weighted by atomic mass is 9.99. The van der Waals surface area contributed by atoms with Gasteiger partial charge < -0.3 is 19.7 Å². The molecule has 11 nitrogen and oxygen atoms in total. The van der Waals surface area contributed by atoms with Gasteiger partial charge in [0.15, 0.2) is 0 Å². The van der Waals surface area contributed by atoms with Crippen LogP contribution in [0.15, 0.2) is 78.1 Å². The summed E-state index contributed by atoms with van der Waals surface area (Å²) in [5, 5.41) is 12.4. The molecule has 3 N–H and O–H groups in total. The highest BCUT2D eigenvalue weighted by Crippen LogP contribution is 2.27. The van der Waals surface area contributed by atoms with E-state index in [0.717, 1.165) is 0 Å². The molecule has 43 heavy (non-hydrogen) atoms. The molecule has 1 unspecified atom stereocenters. The van der Waals surface area contributed by atoms with E-state index >= 15 is 0 Å². The number of sulfonamides is 1. The highest BCUT2D eigenvalue weighted by Gasteiger charge is 2.42. The van der Waals surface area contributed by atoms with Crippen LogP contribution in [0.1, 0.15) is 42.4 Å². The van der Waals surface area contributed by atoms with Crippen LogP contribution in [0, 0.1) is 0 Å². The molecule has 2 aromatic carbocycles. The Labute approximate surface area is 244 Å². The number of halogens is 3. The van der Waals surface area contributed by atoms with Crippen molar-refractivity contribution in [3.8, 4) is 0 Å². The van der Waals surface area contributed by atoms with Crippen LogP contribution in [-0.4, -0.2) is 58.3 Å². The number of esters is 1. The second kappa shape index (κ2) is 12.4. The first-order chi connectivity index (χ1) is 20.1. The molecule has 228 valence electrons. The smallest absolute Gasteiger partial charge is 0.477 e. The number of carbonyl (C=O) groups excluding carboxylic acids is 1. The second-order valence-corrected chi connectivity index (χ2v) is 11.9. The molecule has 0 radical (unpaired) electrons. The molecule has 0 saturated heterocycles. The first-order valence-electron chi connectivity index (χ1n) is 12.9. The van der Waals surface area contributed by atoms with E-state index in [1.54, 1.807) is 36.6 Å². The third-order valence-electron chi connectivity index (χ3n) is 6.52. The summed E-state index contributed by atoms with van der Waals surface area (Å²) in [7, 11) is -3.99. The van der Waals surface area contributed by atoms with E-state index in [1.165, 1.54) is 55.0 Å². The summed E-state index contributed by atoms with van der Waals surface area (Å²) in [5.74, 6) is -3.58. The van der Waals surface area contributed by atoms with Gasteiger partial charge in [0, 0.05) is 24.3 Å². The number of hydrogen-bond acceptors (Lipinski definition) is 8. The average molecular weight is 620 g/mol. The number of benzene rings is 2. The zero-order valence-corrected chi connectivity index (χ0v) is 23.8. The zero-order valence-electron chi connectivity index (χ0n) is 23.0. The Kier molecular flexibility index (Phi) is 9.06. The maximum Gasteiger partial charge on any atom is 0.490 e. The Morgan fingerprint density at radius 3 is 2.44 bits per heavy atom. The summed E-state index contributed by atoms with van der Waals surface area (Å²) in [5.41, 5.74) is 0.385. The Bertz CT molecular complexity index is 1730. The molecule has 0 aliphatic rings. The van der Waals surface area contributed by atoms with Gasteiger partial charge in [-0.2, -0.15) is 13.2 Å². The molecule has 4 rings (SSSR count). The van der Waals surface area contributed by atoms with Crippen LogP contribution in [0.4, 0.5) is 18.9 Å². The molecular formula is C28H28F3N5O6S. The number of rotatable bonds is 12. The van der Waals surface area contributed by atoms with Gasteiger partial charge in [-0.25, -0.2) is 28.0 Å². The van der Waals surface area contributed by atoms with Gasteiger partial charge in [-0.05, 0) is 56.2 Å². The Morgan fingerprint density at radius 2 is 1.77 bits per heavy atom. The number of ether oxygens (including phenoxy) is 1. The van der Waals surface area contributed by atoms with Gasteiger partial charge in [-0.15, -0.1) is 0 Å². The van der Waals surface area contributed by atoms with Crippen molar-refractivity contribution < 1.29 is 41.0 Å². The van der Waals surface area contributed by atoms with Crippen LogP contribution in [0.5, 0.6) is 0 Å². The quantitative estimate of drug-likeness (QED) is 0.194. The van der Waals surface area contributed by atoms with Crippen molar-refractivity contribution in [2.24, 2.45) is 0 Å². The van der Waals surface area contributed by atoms with Crippen LogP contribution in [0.25, 0.3) is 11.0 Å². The molecule has 0 spiro atoms. The molecule has 0 saturated carbocycles. The molecule has 1 atom stereocenters. The molecule has 2 heterocycles. The molecule has 15 heteroatoms. The van der Waals surface area contributed by atoms with Crippen molar-refractivity contribution in [3.05, 3.63) is 84.4 Å². The molecule has 0 bridgehead atoms. The number of alkyl halides is 3. The molecule has 0 aliphatic carbocycles. The number of imidazole rings is 1. The fourth-order valence-electron chi connectivity index (χ4n) is 4.15. The lowest BCUT2D eigenvalue weighted by molar-refractivity contribution is -0.205. The standard InChI is InChI=1S/C28H28F3N5O6S/c1-27(2,11-12-36-17-33-22-15-32-21(25(37)38)14-23(22)36)34-16-24(42-26(39)28(29,30)31)18-7-6-8-19(13-18)35-43(40,41)20-9-4-3-5-10-20/h3-10,13-15,17,24,34-35H,11-12,16H2,1-2H3,(H,37,38). The van der Waals surface area contributed by atoms with Gasteiger partial charge in [0.05, 0.1) is 22.9 Å². The third kappa shape index (κ3) is 8.08. The molecule has 4 aromatic rings. The number of nitrogens with one attached hydrogen (secondary N) is 2. The van der Waals surface area contributed by atoms with E-state index in [9.17, 15) is 36.3 Å². The predicted octanol–water partition coefficient (Wildman–Crippen LogP) is 4.54. The first-order valence-corrected chi connectivity index (χ1v) is 14.4. The minimum absolute atomic E-state index is 0.00927. The van der Waals surface area contributed by atoms with Crippen LogP contribution in [-0.2, 0) is 26.1 Å². The van der Waals surface area contributed by atoms with Crippen molar-refractivity contribution in [2.45, 2.75) is 49.5 Å². The van der Waals surface area contributed by atoms with E-state index < -0.39 is 39.8 Å². The van der Waals surface area contributed by atoms with E-state index in [2.05, 4.69) is 20.0 Å². The van der Waals surface area contributed by atoms with Crippen molar-refractivity contribution in [2.75, 3.05) is 11.3 Å². The van der Waals surface area contributed by atoms with Crippen LogP contribution in [0.3, 0.4) is 0 Å². The van der Waals surface area contributed by atoms with Gasteiger partial charge in [-0.3, -0.25) is 4.72 Å². The van der Waals surface area contributed by atoms with Gasteiger partial charge in [0.1, 0.15) is 17.3 Å². The van der Waals surface area contributed by atoms with Gasteiger partial charge in [0.25, 0.3) is 10.0 Å².